The van der Waals surface area contributed by atoms with Gasteiger partial charge in [0.25, 0.3) is 0 Å². The quantitative estimate of drug-likeness (QED) is 0.531. The first kappa shape index (κ1) is 6.06. The van der Waals surface area contributed by atoms with Gasteiger partial charge in [-0.05, 0) is 18.8 Å². The maximum Gasteiger partial charge on any atom is 0.103 e. The van der Waals surface area contributed by atoms with Gasteiger partial charge in [-0.25, -0.2) is 4.39 Å². The van der Waals surface area contributed by atoms with Gasteiger partial charge in [-0.2, -0.15) is 0 Å². The summed E-state index contributed by atoms with van der Waals surface area (Å²) in [7, 11) is 0. The van der Waals surface area contributed by atoms with Gasteiger partial charge in [0.2, 0.25) is 0 Å². The Kier molecular flexibility index (Phi) is 1.87. The monoisotopic (exact) mass is 116 g/mol. The Morgan fingerprint density at radius 1 is 1.62 bits per heavy atom. The third-order valence-corrected chi connectivity index (χ3v) is 1.76. The minimum absolute atomic E-state index is 0.429. The molecule has 0 spiro atoms. The van der Waals surface area contributed by atoms with Gasteiger partial charge in [0.1, 0.15) is 6.17 Å². The van der Waals surface area contributed by atoms with Crippen molar-refractivity contribution in [1.29, 1.82) is 0 Å². The molecule has 48 valence electrons. The highest BCUT2D eigenvalue weighted by molar-refractivity contribution is 4.85. The van der Waals surface area contributed by atoms with E-state index in [1.165, 1.54) is 12.8 Å². The average molecular weight is 116 g/mol. The van der Waals surface area contributed by atoms with E-state index in [0.29, 0.717) is 5.92 Å². The first-order chi connectivity index (χ1) is 3.84. The second-order valence-corrected chi connectivity index (χ2v) is 2.65. The minimum atomic E-state index is -0.429. The molecule has 0 aromatic rings. The van der Waals surface area contributed by atoms with Crippen molar-refractivity contribution in [2.24, 2.45) is 5.92 Å². The largest absolute Gasteiger partial charge is 0.247 e. The molecule has 0 unspecified atom stereocenters. The summed E-state index contributed by atoms with van der Waals surface area (Å²) in [5.74, 6) is 0.454. The normalized spacial score (nSPS) is 35.2. The lowest BCUT2D eigenvalue weighted by Crippen LogP contribution is -1.79. The molecule has 0 bridgehead atoms. The molecule has 1 saturated carbocycles. The van der Waals surface area contributed by atoms with Gasteiger partial charge in [0, 0.05) is 0 Å². The molecule has 0 aromatic carbocycles. The lowest BCUT2D eigenvalue weighted by Gasteiger charge is -1.89. The van der Waals surface area contributed by atoms with Crippen LogP contribution in [0.25, 0.3) is 0 Å². The maximum atomic E-state index is 12.1. The van der Waals surface area contributed by atoms with Gasteiger partial charge in [-0.3, -0.25) is 0 Å². The molecule has 0 saturated heterocycles. The van der Waals surface area contributed by atoms with Gasteiger partial charge in [0.15, 0.2) is 0 Å². The van der Waals surface area contributed by atoms with E-state index in [2.05, 4.69) is 6.92 Å². The van der Waals surface area contributed by atoms with Crippen LogP contribution >= 0.6 is 0 Å². The number of halogens is 1. The first-order valence-electron chi connectivity index (χ1n) is 3.48. The van der Waals surface area contributed by atoms with Gasteiger partial charge in [-0.15, -0.1) is 0 Å². The predicted molar refractivity (Wildman–Crippen MR) is 32.5 cm³/mol. The fraction of sp³-hybridized carbons (Fsp3) is 1.00. The number of unbranched alkanes of at least 4 members (excludes halogenated alkanes) is 1. The van der Waals surface area contributed by atoms with Crippen LogP contribution in [0, 0.1) is 5.92 Å². The molecule has 0 amide bonds. The number of alkyl halides is 1. The van der Waals surface area contributed by atoms with Gasteiger partial charge >= 0.3 is 0 Å². The highest BCUT2D eigenvalue weighted by Gasteiger charge is 2.35. The van der Waals surface area contributed by atoms with Crippen LogP contribution in [0.5, 0.6) is 0 Å². The lowest BCUT2D eigenvalue weighted by atomic mass is 10.2. The molecular formula is C7H13F. The van der Waals surface area contributed by atoms with Crippen molar-refractivity contribution in [3.63, 3.8) is 0 Å². The first-order valence-corrected chi connectivity index (χ1v) is 3.48. The van der Waals surface area contributed by atoms with E-state index in [0.717, 1.165) is 12.8 Å². The number of rotatable bonds is 3. The van der Waals surface area contributed by atoms with Crippen molar-refractivity contribution in [2.45, 2.75) is 38.8 Å². The van der Waals surface area contributed by atoms with Crippen molar-refractivity contribution in [3.8, 4) is 0 Å². The summed E-state index contributed by atoms with van der Waals surface area (Å²) >= 11 is 0. The van der Waals surface area contributed by atoms with E-state index in [1.807, 2.05) is 0 Å². The van der Waals surface area contributed by atoms with Crippen LogP contribution in [0.15, 0.2) is 0 Å². The summed E-state index contributed by atoms with van der Waals surface area (Å²) in [6.45, 7) is 2.15. The zero-order chi connectivity index (χ0) is 5.98. The van der Waals surface area contributed by atoms with E-state index in [1.54, 1.807) is 0 Å². The fourth-order valence-corrected chi connectivity index (χ4v) is 0.976. The molecule has 0 N–H and O–H groups in total. The third-order valence-electron chi connectivity index (χ3n) is 1.76. The molecule has 8 heavy (non-hydrogen) atoms. The standard InChI is InChI=1S/C7H13F/c1-2-3-4-6-5-7(6)8/h6-7H,2-5H2,1H3/t6-,7-/m1/s1. The number of hydrogen-bond acceptors (Lipinski definition) is 0. The Balaban J connectivity index is 1.89. The molecule has 0 aliphatic heterocycles. The van der Waals surface area contributed by atoms with E-state index in [4.69, 9.17) is 0 Å². The summed E-state index contributed by atoms with van der Waals surface area (Å²) in [6.07, 6.45) is 3.97. The van der Waals surface area contributed by atoms with Crippen LogP contribution in [0.1, 0.15) is 32.6 Å². The van der Waals surface area contributed by atoms with Crippen LogP contribution in [0.4, 0.5) is 4.39 Å². The van der Waals surface area contributed by atoms with E-state index < -0.39 is 6.17 Å². The molecule has 0 nitrogen and oxygen atoms in total. The average Bonchev–Trinajstić information content (AvgIpc) is 2.42. The van der Waals surface area contributed by atoms with Crippen LogP contribution < -0.4 is 0 Å². The molecule has 0 radical (unpaired) electrons. The van der Waals surface area contributed by atoms with Crippen molar-refractivity contribution < 1.29 is 4.39 Å². The molecule has 1 aliphatic carbocycles. The van der Waals surface area contributed by atoms with Crippen LogP contribution in [0.2, 0.25) is 0 Å². The summed E-state index contributed by atoms with van der Waals surface area (Å²) in [5.41, 5.74) is 0. The Bertz CT molecular complexity index is 70.8. The Morgan fingerprint density at radius 2 is 2.25 bits per heavy atom. The Hall–Kier alpha value is -0.0700. The van der Waals surface area contributed by atoms with Crippen molar-refractivity contribution in [2.75, 3.05) is 0 Å². The van der Waals surface area contributed by atoms with Crippen molar-refractivity contribution >= 4 is 0 Å². The molecule has 1 aliphatic rings. The zero-order valence-corrected chi connectivity index (χ0v) is 5.36. The highest BCUT2D eigenvalue weighted by atomic mass is 19.1. The van der Waals surface area contributed by atoms with Crippen LogP contribution in [-0.2, 0) is 0 Å². The fourth-order valence-electron chi connectivity index (χ4n) is 0.976. The molecule has 1 rings (SSSR count). The summed E-state index contributed by atoms with van der Waals surface area (Å²) in [4.78, 5) is 0. The molecule has 1 heteroatoms. The van der Waals surface area contributed by atoms with Gasteiger partial charge in [-0.1, -0.05) is 19.8 Å². The van der Waals surface area contributed by atoms with Gasteiger partial charge < -0.3 is 0 Å². The van der Waals surface area contributed by atoms with E-state index >= 15 is 0 Å². The van der Waals surface area contributed by atoms with Crippen molar-refractivity contribution in [1.82, 2.24) is 0 Å². The highest BCUT2D eigenvalue weighted by Crippen LogP contribution is 2.37. The minimum Gasteiger partial charge on any atom is -0.247 e. The SMILES string of the molecule is CCCC[C@@H]1C[C@H]1F. The molecule has 2 atom stereocenters. The second kappa shape index (κ2) is 2.47. The molecule has 0 aromatic heterocycles. The summed E-state index contributed by atoms with van der Waals surface area (Å²) in [6, 6.07) is 0. The zero-order valence-electron chi connectivity index (χ0n) is 5.36. The number of hydrogen-bond donors (Lipinski definition) is 0. The molecule has 1 fully saturated rings. The smallest absolute Gasteiger partial charge is 0.103 e. The van der Waals surface area contributed by atoms with Crippen LogP contribution in [-0.4, -0.2) is 6.17 Å². The Morgan fingerprint density at radius 3 is 2.62 bits per heavy atom. The van der Waals surface area contributed by atoms with Crippen molar-refractivity contribution in [3.05, 3.63) is 0 Å². The summed E-state index contributed by atoms with van der Waals surface area (Å²) in [5, 5.41) is 0. The van der Waals surface area contributed by atoms with Crippen LogP contribution in [0.3, 0.4) is 0 Å². The Labute approximate surface area is 50.1 Å². The topological polar surface area (TPSA) is 0 Å². The summed E-state index contributed by atoms with van der Waals surface area (Å²) < 4.78 is 12.1. The lowest BCUT2D eigenvalue weighted by molar-refractivity contribution is 0.432. The van der Waals surface area contributed by atoms with E-state index in [9.17, 15) is 4.39 Å². The predicted octanol–water partition coefficient (Wildman–Crippen LogP) is 2.53. The van der Waals surface area contributed by atoms with E-state index in [-0.39, 0.29) is 0 Å². The van der Waals surface area contributed by atoms with Gasteiger partial charge in [0.05, 0.1) is 0 Å². The molecular weight excluding hydrogens is 103 g/mol. The second-order valence-electron chi connectivity index (χ2n) is 2.65. The maximum absolute atomic E-state index is 12.1. The third kappa shape index (κ3) is 1.46. The molecule has 0 heterocycles.